The number of nitrogen functional groups attached to an aromatic ring is 1. The van der Waals surface area contributed by atoms with Crippen LogP contribution in [-0.4, -0.2) is 40.0 Å². The number of fused-ring (bicyclic) bond motifs is 4. The molecule has 4 aromatic rings. The summed E-state index contributed by atoms with van der Waals surface area (Å²) >= 11 is 0. The average molecular weight is 414 g/mol. The largest absolute Gasteiger partial charge is 1.00 e. The van der Waals surface area contributed by atoms with Gasteiger partial charge in [-0.15, -0.1) is 14.1 Å². The first kappa shape index (κ1) is 21.8. The summed E-state index contributed by atoms with van der Waals surface area (Å²) in [6.07, 6.45) is 0. The first-order valence-electron chi connectivity index (χ1n) is 6.44. The van der Waals surface area contributed by atoms with E-state index in [2.05, 4.69) is 0 Å². The molecule has 0 saturated heterocycles. The minimum atomic E-state index is -4.61. The summed E-state index contributed by atoms with van der Waals surface area (Å²) in [5.74, 6) is 0. The van der Waals surface area contributed by atoms with Crippen molar-refractivity contribution < 1.29 is 85.1 Å². The molecule has 0 radical (unpaired) electrons. The van der Waals surface area contributed by atoms with E-state index in [0.29, 0.717) is 16.7 Å². The molecule has 0 unspecified atom stereocenters. The van der Waals surface area contributed by atoms with Gasteiger partial charge in [-0.25, -0.2) is 16.8 Å². The van der Waals surface area contributed by atoms with Gasteiger partial charge >= 0.3 is 59.1 Å². The van der Waals surface area contributed by atoms with E-state index in [0.717, 1.165) is 12.1 Å². The van der Waals surface area contributed by atoms with Gasteiger partial charge in [0.15, 0.2) is 0 Å². The normalized spacial score (nSPS) is 12.4. The molecule has 0 atom stereocenters. The number of anilines is 1. The summed E-state index contributed by atoms with van der Waals surface area (Å²) in [4.78, 5) is 0.747. The van der Waals surface area contributed by atoms with Gasteiger partial charge in [0.05, 0.1) is 15.5 Å². The predicted molar refractivity (Wildman–Crippen MR) is 79.2 cm³/mol. The Kier molecular flexibility index (Phi) is 5.70. The van der Waals surface area contributed by atoms with E-state index in [-0.39, 0.29) is 69.7 Å². The first-order chi connectivity index (χ1) is 11.1. The number of aromatic nitrogens is 3. The maximum Gasteiger partial charge on any atom is 1.00 e. The van der Waals surface area contributed by atoms with Crippen molar-refractivity contribution in [1.82, 2.24) is 14.1 Å². The molecule has 0 bridgehead atoms. The molecule has 0 aliphatic heterocycles. The van der Waals surface area contributed by atoms with E-state index >= 15 is 0 Å². The molecule has 2 N–H and O–H groups in total. The third kappa shape index (κ3) is 3.35. The monoisotopic (exact) mass is 414 g/mol. The zero-order valence-electron chi connectivity index (χ0n) is 13.6. The Labute approximate surface area is 191 Å². The van der Waals surface area contributed by atoms with Gasteiger partial charge < -0.3 is 14.8 Å². The molecule has 0 fully saturated rings. The van der Waals surface area contributed by atoms with Crippen LogP contribution < -0.4 is 64.8 Å². The Balaban J connectivity index is 0.00000121. The fourth-order valence-corrected chi connectivity index (χ4v) is 3.55. The Morgan fingerprint density at radius 2 is 1.27 bits per heavy atom. The topological polar surface area (TPSA) is 154 Å². The predicted octanol–water partition coefficient (Wildman–Crippen LogP) is -6.18. The van der Waals surface area contributed by atoms with Crippen molar-refractivity contribution in [1.29, 1.82) is 0 Å². The van der Waals surface area contributed by atoms with Crippen molar-refractivity contribution in [3.63, 3.8) is 0 Å². The van der Waals surface area contributed by atoms with Gasteiger partial charge in [-0.1, -0.05) is 0 Å². The number of benzene rings is 2. The summed E-state index contributed by atoms with van der Waals surface area (Å²) in [5, 5.41) is 0. The van der Waals surface area contributed by atoms with Crippen LogP contribution in [0, 0.1) is 0 Å². The molecular formula is C12H8N4Na2O6S2. The first-order valence-corrected chi connectivity index (χ1v) is 9.26. The summed E-state index contributed by atoms with van der Waals surface area (Å²) in [5.41, 5.74) is 7.42. The van der Waals surface area contributed by atoms with Crippen LogP contribution in [-0.2, 0) is 20.2 Å². The molecule has 14 heteroatoms. The molecular weight excluding hydrogens is 406 g/mol. The summed E-state index contributed by atoms with van der Waals surface area (Å²) in [7, 11) is -9.18. The molecule has 126 valence electrons. The van der Waals surface area contributed by atoms with E-state index in [4.69, 9.17) is 5.73 Å². The number of nitrogens with zero attached hydrogens (tertiary/aromatic N) is 3. The fraction of sp³-hybridized carbons (Fsp3) is 0. The van der Waals surface area contributed by atoms with Crippen molar-refractivity contribution in [3.05, 3.63) is 36.4 Å². The van der Waals surface area contributed by atoms with Gasteiger partial charge in [0.2, 0.25) is 0 Å². The Morgan fingerprint density at radius 1 is 0.769 bits per heavy atom. The third-order valence-corrected chi connectivity index (χ3v) is 5.34. The number of nitrogens with two attached hydrogens (primary N) is 1. The fourth-order valence-electron chi connectivity index (χ4n) is 2.55. The van der Waals surface area contributed by atoms with E-state index in [1.54, 1.807) is 14.1 Å². The molecule has 26 heavy (non-hydrogen) atoms. The second-order valence-corrected chi connectivity index (χ2v) is 7.91. The van der Waals surface area contributed by atoms with Crippen LogP contribution in [0.3, 0.4) is 0 Å². The Morgan fingerprint density at radius 3 is 1.81 bits per heavy atom. The average Bonchev–Trinajstić information content (AvgIpc) is 3.10. The zero-order chi connectivity index (χ0) is 17.4. The van der Waals surface area contributed by atoms with Crippen LogP contribution in [0.2, 0.25) is 0 Å². The minimum absolute atomic E-state index is 0. The zero-order valence-corrected chi connectivity index (χ0v) is 19.3. The van der Waals surface area contributed by atoms with Gasteiger partial charge in [0.25, 0.3) is 0 Å². The maximum absolute atomic E-state index is 11.1. The Hall–Kier alpha value is -0.540. The van der Waals surface area contributed by atoms with Crippen molar-refractivity contribution in [2.75, 3.05) is 5.73 Å². The summed E-state index contributed by atoms with van der Waals surface area (Å²) < 4.78 is 69.4. The van der Waals surface area contributed by atoms with Crippen molar-refractivity contribution in [2.45, 2.75) is 9.79 Å². The second-order valence-electron chi connectivity index (χ2n) is 5.15. The van der Waals surface area contributed by atoms with Crippen LogP contribution in [0.1, 0.15) is 0 Å². The van der Waals surface area contributed by atoms with E-state index in [1.807, 2.05) is 0 Å². The number of rotatable bonds is 3. The van der Waals surface area contributed by atoms with Crippen LogP contribution in [0.25, 0.3) is 16.7 Å². The van der Waals surface area contributed by atoms with Crippen molar-refractivity contribution in [2.24, 2.45) is 0 Å². The van der Waals surface area contributed by atoms with Gasteiger partial charge in [-0.2, -0.15) is 0 Å². The quantitative estimate of drug-likeness (QED) is 0.199. The molecule has 4 rings (SSSR count). The number of hydrogen-bond acceptors (Lipinski definition) is 7. The van der Waals surface area contributed by atoms with Gasteiger partial charge in [0.1, 0.15) is 37.0 Å². The molecule has 0 aliphatic carbocycles. The van der Waals surface area contributed by atoms with Crippen LogP contribution >= 0.6 is 0 Å². The van der Waals surface area contributed by atoms with Crippen molar-refractivity contribution in [3.8, 4) is 5.69 Å². The maximum atomic E-state index is 11.1. The summed E-state index contributed by atoms with van der Waals surface area (Å²) in [6.45, 7) is 0. The van der Waals surface area contributed by atoms with Crippen molar-refractivity contribution >= 4 is 37.0 Å². The van der Waals surface area contributed by atoms with Crippen LogP contribution in [0.5, 0.6) is 0 Å². The van der Waals surface area contributed by atoms with Crippen LogP contribution in [0.15, 0.2) is 46.2 Å². The molecule has 2 heterocycles. The van der Waals surface area contributed by atoms with E-state index in [1.165, 1.54) is 24.3 Å². The molecule has 0 spiro atoms. The van der Waals surface area contributed by atoms with Gasteiger partial charge in [-0.3, -0.25) is 0 Å². The molecule has 2 aromatic heterocycles. The molecule has 0 saturated carbocycles. The molecule has 0 amide bonds. The Bertz CT molecular complexity index is 1320. The second kappa shape index (κ2) is 6.81. The molecule has 2 aromatic carbocycles. The minimum Gasteiger partial charge on any atom is -0.744 e. The smallest absolute Gasteiger partial charge is 0.744 e. The molecule has 10 nitrogen and oxygen atoms in total. The standard InChI is InChI=1S/C12H10N4O6S2.2Na/c13-9-5-7(23(17,18)19)1-3-10(9)14-15-11-4-2-8(24(20,21)22)6-12(11)16(14)15;;/h1-6H,13H2,(H,17,18,19)(H,20,21,22);;/q;2*+1/p-2. The SMILES string of the molecule is Nc1cc(S(=O)(=O)[O-])ccc1-n1n2c3ccc(S(=O)(=O)[O-])cc3n12.[Na+].[Na+]. The summed E-state index contributed by atoms with van der Waals surface area (Å²) in [6, 6.07) is 7.46. The van der Waals surface area contributed by atoms with E-state index in [9.17, 15) is 25.9 Å². The van der Waals surface area contributed by atoms with E-state index < -0.39 is 25.1 Å². The third-order valence-electron chi connectivity index (χ3n) is 3.68. The van der Waals surface area contributed by atoms with Gasteiger partial charge in [0, 0.05) is 0 Å². The number of hydrogen-bond donors (Lipinski definition) is 1. The molecule has 0 aliphatic rings. The van der Waals surface area contributed by atoms with Crippen LogP contribution in [0.4, 0.5) is 5.69 Å². The van der Waals surface area contributed by atoms with Gasteiger partial charge in [-0.05, 0) is 36.4 Å².